The van der Waals surface area contributed by atoms with Gasteiger partial charge >= 0.3 is 0 Å². The van der Waals surface area contributed by atoms with Crippen molar-refractivity contribution in [2.24, 2.45) is 17.1 Å². The van der Waals surface area contributed by atoms with Gasteiger partial charge in [0.25, 0.3) is 0 Å². The highest BCUT2D eigenvalue weighted by molar-refractivity contribution is 4.95. The minimum absolute atomic E-state index is 0.0337. The Hall–Kier alpha value is -0.120. The molecule has 0 atom stereocenters. The number of hydrogen-bond donors (Lipinski definition) is 1. The summed E-state index contributed by atoms with van der Waals surface area (Å²) in [4.78, 5) is 2.44. The van der Waals surface area contributed by atoms with Crippen LogP contribution in [-0.4, -0.2) is 43.8 Å². The number of piperidine rings is 1. The zero-order chi connectivity index (χ0) is 12.5. The van der Waals surface area contributed by atoms with Gasteiger partial charge in [0.1, 0.15) is 0 Å². The van der Waals surface area contributed by atoms with E-state index in [0.717, 1.165) is 25.6 Å². The van der Waals surface area contributed by atoms with Gasteiger partial charge in [0.05, 0.1) is 13.2 Å². The monoisotopic (exact) mass is 240 g/mol. The molecule has 2 rings (SSSR count). The Labute approximate surface area is 106 Å². The Morgan fingerprint density at radius 2 is 1.88 bits per heavy atom. The van der Waals surface area contributed by atoms with Gasteiger partial charge in [-0.25, -0.2) is 0 Å². The second-order valence-electron chi connectivity index (χ2n) is 6.92. The van der Waals surface area contributed by atoms with Gasteiger partial charge < -0.3 is 15.4 Å². The van der Waals surface area contributed by atoms with Crippen LogP contribution >= 0.6 is 0 Å². The van der Waals surface area contributed by atoms with Crippen molar-refractivity contribution in [3.63, 3.8) is 0 Å². The topological polar surface area (TPSA) is 38.5 Å². The Bertz CT molecular complexity index is 247. The average Bonchev–Trinajstić information content (AvgIpc) is 2.17. The maximum Gasteiger partial charge on any atom is 0.0547 e. The summed E-state index contributed by atoms with van der Waals surface area (Å²) < 4.78 is 5.53. The standard InChI is InChI=1S/C14H28N2O/c1-13(2,15)6-7-14(10-17-11-14)12-4-8-16(3)9-5-12/h12H,4-11,15H2,1-3H3. The van der Waals surface area contributed by atoms with Gasteiger partial charge in [-0.05, 0) is 65.6 Å². The van der Waals surface area contributed by atoms with Crippen molar-refractivity contribution in [3.05, 3.63) is 0 Å². The first-order chi connectivity index (χ1) is 7.91. The van der Waals surface area contributed by atoms with Crippen LogP contribution < -0.4 is 5.73 Å². The number of hydrogen-bond acceptors (Lipinski definition) is 3. The molecule has 0 aromatic carbocycles. The van der Waals surface area contributed by atoms with Crippen molar-refractivity contribution in [2.75, 3.05) is 33.4 Å². The highest BCUT2D eigenvalue weighted by atomic mass is 16.5. The Kier molecular flexibility index (Phi) is 3.81. The van der Waals surface area contributed by atoms with E-state index in [0.29, 0.717) is 5.41 Å². The maximum atomic E-state index is 6.12. The minimum Gasteiger partial charge on any atom is -0.380 e. The quantitative estimate of drug-likeness (QED) is 0.815. The third-order valence-electron chi connectivity index (χ3n) is 4.63. The highest BCUT2D eigenvalue weighted by Gasteiger charge is 2.46. The van der Waals surface area contributed by atoms with E-state index in [2.05, 4.69) is 25.8 Å². The third kappa shape index (κ3) is 3.21. The molecule has 0 radical (unpaired) electrons. The first kappa shape index (κ1) is 13.3. The molecule has 2 aliphatic rings. The highest BCUT2D eigenvalue weighted by Crippen LogP contribution is 2.45. The minimum atomic E-state index is -0.0337. The number of nitrogens with zero attached hydrogens (tertiary/aromatic N) is 1. The molecule has 3 nitrogen and oxygen atoms in total. The van der Waals surface area contributed by atoms with Crippen molar-refractivity contribution in [1.29, 1.82) is 0 Å². The van der Waals surface area contributed by atoms with Gasteiger partial charge in [-0.3, -0.25) is 0 Å². The van der Waals surface area contributed by atoms with Crippen LogP contribution in [0.3, 0.4) is 0 Å². The summed E-state index contributed by atoms with van der Waals surface area (Å²) >= 11 is 0. The van der Waals surface area contributed by atoms with Crippen LogP contribution in [0.15, 0.2) is 0 Å². The van der Waals surface area contributed by atoms with E-state index in [1.165, 1.54) is 32.4 Å². The molecular formula is C14H28N2O. The summed E-state index contributed by atoms with van der Waals surface area (Å²) in [6, 6.07) is 0. The second kappa shape index (κ2) is 4.87. The average molecular weight is 240 g/mol. The maximum absolute atomic E-state index is 6.12. The predicted octanol–water partition coefficient (Wildman–Crippen LogP) is 1.86. The van der Waals surface area contributed by atoms with Crippen molar-refractivity contribution < 1.29 is 4.74 Å². The molecule has 2 fully saturated rings. The van der Waals surface area contributed by atoms with Crippen molar-refractivity contribution in [2.45, 2.75) is 45.1 Å². The first-order valence-electron chi connectivity index (χ1n) is 6.97. The van der Waals surface area contributed by atoms with Crippen LogP contribution in [0.1, 0.15) is 39.5 Å². The molecule has 0 aliphatic carbocycles. The number of nitrogens with two attached hydrogens (primary N) is 1. The predicted molar refractivity (Wildman–Crippen MR) is 71.0 cm³/mol. The summed E-state index contributed by atoms with van der Waals surface area (Å²) in [7, 11) is 2.23. The number of ether oxygens (including phenoxy) is 1. The molecule has 3 heteroatoms. The second-order valence-corrected chi connectivity index (χ2v) is 6.92. The molecule has 2 heterocycles. The molecule has 0 bridgehead atoms. The summed E-state index contributed by atoms with van der Waals surface area (Å²) in [6.45, 7) is 8.70. The van der Waals surface area contributed by atoms with Crippen molar-refractivity contribution in [3.8, 4) is 0 Å². The molecule has 0 amide bonds. The Morgan fingerprint density at radius 1 is 1.29 bits per heavy atom. The van der Waals surface area contributed by atoms with Crippen molar-refractivity contribution in [1.82, 2.24) is 4.90 Å². The van der Waals surface area contributed by atoms with Gasteiger partial charge in [0.2, 0.25) is 0 Å². The summed E-state index contributed by atoms with van der Waals surface area (Å²) in [5.41, 5.74) is 6.55. The molecule has 0 spiro atoms. The number of rotatable bonds is 4. The molecule has 0 saturated carbocycles. The van der Waals surface area contributed by atoms with E-state index < -0.39 is 0 Å². The normalized spacial score (nSPS) is 26.8. The van der Waals surface area contributed by atoms with Crippen LogP contribution in [0, 0.1) is 11.3 Å². The van der Waals surface area contributed by atoms with E-state index in [1.807, 2.05) is 0 Å². The zero-order valence-electron chi connectivity index (χ0n) is 11.7. The molecule has 0 unspecified atom stereocenters. The lowest BCUT2D eigenvalue weighted by molar-refractivity contribution is -0.161. The smallest absolute Gasteiger partial charge is 0.0547 e. The van der Waals surface area contributed by atoms with Gasteiger partial charge in [-0.2, -0.15) is 0 Å². The summed E-state index contributed by atoms with van der Waals surface area (Å²) in [6.07, 6.45) is 5.03. The molecule has 0 aromatic rings. The Morgan fingerprint density at radius 3 is 2.29 bits per heavy atom. The van der Waals surface area contributed by atoms with Gasteiger partial charge in [0.15, 0.2) is 0 Å². The van der Waals surface area contributed by atoms with Crippen LogP contribution in [-0.2, 0) is 4.74 Å². The van der Waals surface area contributed by atoms with E-state index >= 15 is 0 Å². The fraction of sp³-hybridized carbons (Fsp3) is 1.00. The van der Waals surface area contributed by atoms with Gasteiger partial charge in [0, 0.05) is 11.0 Å². The largest absolute Gasteiger partial charge is 0.380 e. The fourth-order valence-electron chi connectivity index (χ4n) is 3.14. The molecule has 17 heavy (non-hydrogen) atoms. The van der Waals surface area contributed by atoms with Crippen LogP contribution in [0.2, 0.25) is 0 Å². The van der Waals surface area contributed by atoms with Crippen molar-refractivity contribution >= 4 is 0 Å². The van der Waals surface area contributed by atoms with E-state index in [4.69, 9.17) is 10.5 Å². The lowest BCUT2D eigenvalue weighted by atomic mass is 9.66. The summed E-state index contributed by atoms with van der Waals surface area (Å²) in [5.74, 6) is 0.856. The zero-order valence-corrected chi connectivity index (χ0v) is 11.7. The van der Waals surface area contributed by atoms with E-state index in [9.17, 15) is 0 Å². The molecule has 100 valence electrons. The van der Waals surface area contributed by atoms with Gasteiger partial charge in [-0.1, -0.05) is 0 Å². The van der Waals surface area contributed by atoms with E-state index in [1.54, 1.807) is 0 Å². The lowest BCUT2D eigenvalue weighted by Gasteiger charge is -2.50. The molecule has 2 aliphatic heterocycles. The molecule has 2 N–H and O–H groups in total. The van der Waals surface area contributed by atoms with Crippen LogP contribution in [0.25, 0.3) is 0 Å². The molecular weight excluding hydrogens is 212 g/mol. The van der Waals surface area contributed by atoms with Gasteiger partial charge in [-0.15, -0.1) is 0 Å². The first-order valence-corrected chi connectivity index (χ1v) is 6.97. The molecule has 2 saturated heterocycles. The fourth-order valence-corrected chi connectivity index (χ4v) is 3.14. The van der Waals surface area contributed by atoms with Crippen LogP contribution in [0.4, 0.5) is 0 Å². The molecule has 0 aromatic heterocycles. The summed E-state index contributed by atoms with van der Waals surface area (Å²) in [5, 5.41) is 0. The van der Waals surface area contributed by atoms with E-state index in [-0.39, 0.29) is 5.54 Å². The Balaban J connectivity index is 1.90. The SMILES string of the molecule is CN1CCC(C2(CCC(C)(C)N)COC2)CC1. The van der Waals surface area contributed by atoms with Crippen LogP contribution in [0.5, 0.6) is 0 Å². The lowest BCUT2D eigenvalue weighted by Crippen LogP contribution is -2.52. The third-order valence-corrected chi connectivity index (χ3v) is 4.63. The number of likely N-dealkylation sites (tertiary alicyclic amines) is 1.